The van der Waals surface area contributed by atoms with Gasteiger partial charge < -0.3 is 14.6 Å². The Labute approximate surface area is 156 Å². The average molecular weight is 380 g/mol. The largest absolute Gasteiger partial charge is 0.424 e. The number of nitrogens with one attached hydrogen (secondary N) is 1. The molecule has 0 saturated carbocycles. The molecule has 1 aromatic heterocycles. The van der Waals surface area contributed by atoms with E-state index in [1.807, 2.05) is 38.9 Å². The Morgan fingerprint density at radius 1 is 1.22 bits per heavy atom. The van der Waals surface area contributed by atoms with Crippen LogP contribution in [0.25, 0.3) is 0 Å². The van der Waals surface area contributed by atoms with E-state index in [4.69, 9.17) is 4.42 Å². The summed E-state index contributed by atoms with van der Waals surface area (Å²) in [5, 5.41) is 12.3. The van der Waals surface area contributed by atoms with Crippen molar-refractivity contribution in [1.29, 1.82) is 5.26 Å². The molecule has 0 spiro atoms. The predicted octanol–water partition coefficient (Wildman–Crippen LogP) is 4.48. The summed E-state index contributed by atoms with van der Waals surface area (Å²) < 4.78 is 43.9. The molecular formula is C19H23F3N4O. The molecule has 1 N–H and O–H groups in total. The van der Waals surface area contributed by atoms with E-state index in [2.05, 4.69) is 10.3 Å². The number of benzene rings is 1. The first-order chi connectivity index (χ1) is 12.6. The summed E-state index contributed by atoms with van der Waals surface area (Å²) in [6, 6.07) is 6.86. The van der Waals surface area contributed by atoms with Gasteiger partial charge in [-0.1, -0.05) is 26.0 Å². The van der Waals surface area contributed by atoms with Crippen LogP contribution in [0.2, 0.25) is 0 Å². The van der Waals surface area contributed by atoms with Crippen molar-refractivity contribution in [3.8, 4) is 6.07 Å². The summed E-state index contributed by atoms with van der Waals surface area (Å²) in [7, 11) is 3.67. The zero-order chi connectivity index (χ0) is 20.2. The topological polar surface area (TPSA) is 65.1 Å². The first-order valence-electron chi connectivity index (χ1n) is 8.59. The number of anilines is 1. The van der Waals surface area contributed by atoms with E-state index < -0.39 is 11.7 Å². The third kappa shape index (κ3) is 5.47. The minimum absolute atomic E-state index is 0.176. The van der Waals surface area contributed by atoms with Crippen molar-refractivity contribution in [3.63, 3.8) is 0 Å². The lowest BCUT2D eigenvalue weighted by molar-refractivity contribution is -0.137. The van der Waals surface area contributed by atoms with Gasteiger partial charge in [-0.25, -0.2) is 4.98 Å². The molecule has 2 aromatic rings. The zero-order valence-corrected chi connectivity index (χ0v) is 15.8. The molecule has 0 unspecified atom stereocenters. The number of oxazole rings is 1. The van der Waals surface area contributed by atoms with Gasteiger partial charge in [-0.15, -0.1) is 0 Å². The highest BCUT2D eigenvalue weighted by Crippen LogP contribution is 2.30. The second kappa shape index (κ2) is 8.44. The van der Waals surface area contributed by atoms with Crippen LogP contribution in [-0.4, -0.2) is 30.5 Å². The van der Waals surface area contributed by atoms with Crippen LogP contribution in [0.4, 0.5) is 19.1 Å². The second-order valence-corrected chi connectivity index (χ2v) is 6.98. The fourth-order valence-corrected chi connectivity index (χ4v) is 2.68. The maximum atomic E-state index is 12.8. The lowest BCUT2D eigenvalue weighted by Crippen LogP contribution is -2.27. The highest BCUT2D eigenvalue weighted by Gasteiger charge is 2.30. The number of rotatable bonds is 7. The smallest absolute Gasteiger partial charge is 0.416 e. The molecular weight excluding hydrogens is 357 g/mol. The van der Waals surface area contributed by atoms with Crippen molar-refractivity contribution in [3.05, 3.63) is 47.0 Å². The van der Waals surface area contributed by atoms with E-state index in [9.17, 15) is 18.4 Å². The Hall–Kier alpha value is -2.53. The molecule has 0 aliphatic heterocycles. The Kier molecular flexibility index (Phi) is 6.50. The highest BCUT2D eigenvalue weighted by molar-refractivity contribution is 5.45. The van der Waals surface area contributed by atoms with Gasteiger partial charge in [0, 0.05) is 13.0 Å². The van der Waals surface area contributed by atoms with E-state index in [1.165, 1.54) is 12.1 Å². The van der Waals surface area contributed by atoms with Crippen molar-refractivity contribution in [1.82, 2.24) is 9.88 Å². The number of likely N-dealkylation sites (N-methyl/N-ethyl adjacent to an activating group) is 1. The van der Waals surface area contributed by atoms with Crippen LogP contribution in [0.5, 0.6) is 0 Å². The number of halogens is 3. The summed E-state index contributed by atoms with van der Waals surface area (Å²) in [5.41, 5.74) is 0.216. The molecule has 0 aliphatic carbocycles. The number of hydrogen-bond acceptors (Lipinski definition) is 5. The molecule has 27 heavy (non-hydrogen) atoms. The Morgan fingerprint density at radius 3 is 2.33 bits per heavy atom. The van der Waals surface area contributed by atoms with Gasteiger partial charge in [-0.3, -0.25) is 0 Å². The minimum atomic E-state index is -4.36. The van der Waals surface area contributed by atoms with E-state index >= 15 is 0 Å². The normalized spacial score (nSPS) is 13.0. The van der Waals surface area contributed by atoms with Crippen LogP contribution in [0, 0.1) is 17.2 Å². The van der Waals surface area contributed by atoms with Gasteiger partial charge in [0.1, 0.15) is 6.07 Å². The van der Waals surface area contributed by atoms with Gasteiger partial charge in [0.25, 0.3) is 0 Å². The number of aromatic nitrogens is 1. The minimum Gasteiger partial charge on any atom is -0.424 e. The van der Waals surface area contributed by atoms with Crippen molar-refractivity contribution in [2.75, 3.05) is 26.0 Å². The monoisotopic (exact) mass is 380 g/mol. The number of hydrogen-bond donors (Lipinski definition) is 1. The van der Waals surface area contributed by atoms with Gasteiger partial charge in [-0.2, -0.15) is 18.4 Å². The molecule has 0 saturated heterocycles. The van der Waals surface area contributed by atoms with Gasteiger partial charge in [0.05, 0.1) is 11.6 Å². The molecule has 1 aromatic carbocycles. The van der Waals surface area contributed by atoms with E-state index in [-0.39, 0.29) is 17.6 Å². The van der Waals surface area contributed by atoms with E-state index in [0.29, 0.717) is 24.8 Å². The summed E-state index contributed by atoms with van der Waals surface area (Å²) >= 11 is 0. The molecule has 0 bridgehead atoms. The van der Waals surface area contributed by atoms with Crippen LogP contribution in [-0.2, 0) is 12.6 Å². The molecule has 146 valence electrons. The van der Waals surface area contributed by atoms with Crippen LogP contribution in [0.15, 0.2) is 28.7 Å². The van der Waals surface area contributed by atoms with Gasteiger partial charge in [0.2, 0.25) is 11.6 Å². The Balaban J connectivity index is 2.16. The van der Waals surface area contributed by atoms with E-state index in [1.54, 1.807) is 0 Å². The van der Waals surface area contributed by atoms with Crippen molar-refractivity contribution >= 4 is 5.88 Å². The standard InChI is InChI=1S/C19H23F3N4O/c1-12(2)9-17-25-15(10-23)18(27-17)24-11-16(26(3)4)13-5-7-14(8-6-13)19(20,21)22/h5-8,12,16,24H,9,11H2,1-4H3/t16-/m1/s1. The molecule has 8 heteroatoms. The van der Waals surface area contributed by atoms with Crippen LogP contribution >= 0.6 is 0 Å². The number of nitriles is 1. The third-order valence-corrected chi connectivity index (χ3v) is 4.06. The molecule has 0 radical (unpaired) electrons. The zero-order valence-electron chi connectivity index (χ0n) is 15.8. The van der Waals surface area contributed by atoms with E-state index in [0.717, 1.165) is 17.7 Å². The Bertz CT molecular complexity index is 789. The van der Waals surface area contributed by atoms with Gasteiger partial charge in [-0.05, 0) is 37.7 Å². The highest BCUT2D eigenvalue weighted by atomic mass is 19.4. The average Bonchev–Trinajstić information content (AvgIpc) is 2.95. The third-order valence-electron chi connectivity index (χ3n) is 4.06. The number of alkyl halides is 3. The van der Waals surface area contributed by atoms with Crippen LogP contribution in [0.1, 0.15) is 42.6 Å². The summed E-state index contributed by atoms with van der Waals surface area (Å²) in [6.07, 6.45) is -3.74. The summed E-state index contributed by atoms with van der Waals surface area (Å²) in [5.74, 6) is 1.11. The quantitative estimate of drug-likeness (QED) is 0.767. The summed E-state index contributed by atoms with van der Waals surface area (Å²) in [4.78, 5) is 6.06. The van der Waals surface area contributed by atoms with Gasteiger partial charge in [0.15, 0.2) is 5.89 Å². The maximum absolute atomic E-state index is 12.8. The van der Waals surface area contributed by atoms with Crippen molar-refractivity contribution < 1.29 is 17.6 Å². The first-order valence-corrected chi connectivity index (χ1v) is 8.59. The Morgan fingerprint density at radius 2 is 1.85 bits per heavy atom. The fourth-order valence-electron chi connectivity index (χ4n) is 2.68. The SMILES string of the molecule is CC(C)Cc1nc(C#N)c(NC[C@H](c2ccc(C(F)(F)F)cc2)N(C)C)o1. The molecule has 0 aliphatic rings. The van der Waals surface area contributed by atoms with Gasteiger partial charge >= 0.3 is 6.18 Å². The number of nitrogens with zero attached hydrogens (tertiary/aromatic N) is 3. The fraction of sp³-hybridized carbons (Fsp3) is 0.474. The summed E-state index contributed by atoms with van der Waals surface area (Å²) in [6.45, 7) is 4.40. The molecule has 5 nitrogen and oxygen atoms in total. The maximum Gasteiger partial charge on any atom is 0.416 e. The van der Waals surface area contributed by atoms with Crippen LogP contribution in [0.3, 0.4) is 0 Å². The molecule has 1 heterocycles. The predicted molar refractivity (Wildman–Crippen MR) is 96.1 cm³/mol. The van der Waals surface area contributed by atoms with Crippen LogP contribution < -0.4 is 5.32 Å². The lowest BCUT2D eigenvalue weighted by atomic mass is 10.0. The molecule has 2 rings (SSSR count). The van der Waals surface area contributed by atoms with Crippen molar-refractivity contribution in [2.45, 2.75) is 32.5 Å². The van der Waals surface area contributed by atoms with Crippen molar-refractivity contribution in [2.24, 2.45) is 5.92 Å². The molecule has 1 atom stereocenters. The molecule has 0 amide bonds. The first kappa shape index (κ1) is 20.8. The second-order valence-electron chi connectivity index (χ2n) is 6.98. The molecule has 0 fully saturated rings. The lowest BCUT2D eigenvalue weighted by Gasteiger charge is -2.25.